The normalized spacial score (nSPS) is 21.7. The van der Waals surface area contributed by atoms with Crippen LogP contribution in [0, 0.1) is 0 Å². The molecular formula is C15H21ClN2O2. The van der Waals surface area contributed by atoms with Crippen LogP contribution in [0.3, 0.4) is 0 Å². The van der Waals surface area contributed by atoms with Gasteiger partial charge >= 0.3 is 0 Å². The van der Waals surface area contributed by atoms with Crippen LogP contribution in [0.15, 0.2) is 12.3 Å². The van der Waals surface area contributed by atoms with Crippen molar-refractivity contribution in [1.29, 1.82) is 0 Å². The molecule has 0 atom stereocenters. The molecule has 5 heteroatoms. The number of amides is 1. The zero-order valence-electron chi connectivity index (χ0n) is 11.6. The smallest absolute Gasteiger partial charge is 0.268 e. The maximum Gasteiger partial charge on any atom is 0.268 e. The van der Waals surface area contributed by atoms with E-state index >= 15 is 0 Å². The van der Waals surface area contributed by atoms with Crippen LogP contribution in [0.4, 0.5) is 0 Å². The van der Waals surface area contributed by atoms with E-state index in [4.69, 9.17) is 11.6 Å². The van der Waals surface area contributed by atoms with E-state index in [9.17, 15) is 9.90 Å². The van der Waals surface area contributed by atoms with Crippen LogP contribution >= 0.6 is 11.6 Å². The van der Waals surface area contributed by atoms with Gasteiger partial charge in [-0.25, -0.2) is 0 Å². The first-order valence-corrected chi connectivity index (χ1v) is 7.83. The molecule has 0 aliphatic heterocycles. The molecule has 0 saturated heterocycles. The second-order valence-electron chi connectivity index (χ2n) is 6.15. The minimum atomic E-state index is -0.727. The largest absolute Gasteiger partial charge is 0.388 e. The molecule has 1 amide bonds. The van der Waals surface area contributed by atoms with E-state index in [1.807, 2.05) is 10.8 Å². The number of carbonyl (C=O) groups is 1. The fourth-order valence-corrected chi connectivity index (χ4v) is 3.21. The lowest BCUT2D eigenvalue weighted by Crippen LogP contribution is -2.44. The lowest BCUT2D eigenvalue weighted by atomic mass is 9.85. The minimum Gasteiger partial charge on any atom is -0.388 e. The van der Waals surface area contributed by atoms with E-state index in [-0.39, 0.29) is 5.91 Å². The topological polar surface area (TPSA) is 54.3 Å². The molecule has 20 heavy (non-hydrogen) atoms. The van der Waals surface area contributed by atoms with Crippen molar-refractivity contribution in [3.63, 3.8) is 0 Å². The molecule has 1 aromatic heterocycles. The van der Waals surface area contributed by atoms with Gasteiger partial charge in [-0.1, -0.05) is 30.9 Å². The average Bonchev–Trinajstić information content (AvgIpc) is 3.20. The number of hydrogen-bond acceptors (Lipinski definition) is 2. The third kappa shape index (κ3) is 3.01. The molecule has 1 aromatic rings. The van der Waals surface area contributed by atoms with Crippen LogP contribution < -0.4 is 5.32 Å². The summed E-state index contributed by atoms with van der Waals surface area (Å²) in [6, 6.07) is 2.13. The molecule has 2 saturated carbocycles. The van der Waals surface area contributed by atoms with Gasteiger partial charge in [0, 0.05) is 18.8 Å². The monoisotopic (exact) mass is 296 g/mol. The maximum atomic E-state index is 12.3. The van der Waals surface area contributed by atoms with Gasteiger partial charge in [0.05, 0.1) is 10.6 Å². The van der Waals surface area contributed by atoms with Crippen LogP contribution in [0.5, 0.6) is 0 Å². The standard InChI is InChI=1S/C15H21ClN2O2/c16-11-8-13(18(9-11)12-4-5-12)14(19)17-10-15(20)6-2-1-3-7-15/h8-9,12,20H,1-7,10H2,(H,17,19). The third-order valence-electron chi connectivity index (χ3n) is 4.35. The lowest BCUT2D eigenvalue weighted by Gasteiger charge is -2.32. The van der Waals surface area contributed by atoms with Gasteiger partial charge < -0.3 is 15.0 Å². The molecule has 0 aromatic carbocycles. The van der Waals surface area contributed by atoms with Crippen molar-refractivity contribution in [2.75, 3.05) is 6.54 Å². The SMILES string of the molecule is O=C(NCC1(O)CCCCC1)c1cc(Cl)cn1C1CC1. The van der Waals surface area contributed by atoms with Crippen molar-refractivity contribution in [3.8, 4) is 0 Å². The highest BCUT2D eigenvalue weighted by atomic mass is 35.5. The van der Waals surface area contributed by atoms with Gasteiger partial charge in [-0.3, -0.25) is 4.79 Å². The molecule has 3 rings (SSSR count). The first-order valence-electron chi connectivity index (χ1n) is 7.45. The summed E-state index contributed by atoms with van der Waals surface area (Å²) in [5, 5.41) is 13.9. The molecule has 0 bridgehead atoms. The molecular weight excluding hydrogens is 276 g/mol. The number of halogens is 1. The molecule has 2 N–H and O–H groups in total. The fourth-order valence-electron chi connectivity index (χ4n) is 3.00. The summed E-state index contributed by atoms with van der Waals surface area (Å²) >= 11 is 6.01. The second-order valence-corrected chi connectivity index (χ2v) is 6.59. The number of carbonyl (C=O) groups excluding carboxylic acids is 1. The first-order chi connectivity index (χ1) is 9.57. The average molecular weight is 297 g/mol. The van der Waals surface area contributed by atoms with Crippen LogP contribution in [-0.4, -0.2) is 27.7 Å². The molecule has 0 radical (unpaired) electrons. The molecule has 2 fully saturated rings. The highest BCUT2D eigenvalue weighted by Crippen LogP contribution is 2.37. The summed E-state index contributed by atoms with van der Waals surface area (Å²) in [5.41, 5.74) is -0.119. The zero-order chi connectivity index (χ0) is 14.2. The van der Waals surface area contributed by atoms with Crippen LogP contribution in [0.2, 0.25) is 5.02 Å². The summed E-state index contributed by atoms with van der Waals surface area (Å²) in [6.07, 6.45) is 8.84. The van der Waals surface area contributed by atoms with E-state index in [0.717, 1.165) is 38.5 Å². The predicted molar refractivity (Wildman–Crippen MR) is 78.1 cm³/mol. The van der Waals surface area contributed by atoms with E-state index in [2.05, 4.69) is 5.32 Å². The van der Waals surface area contributed by atoms with E-state index in [0.29, 0.717) is 23.3 Å². The van der Waals surface area contributed by atoms with Gasteiger partial charge in [0.1, 0.15) is 5.69 Å². The molecule has 2 aliphatic rings. The summed E-state index contributed by atoms with van der Waals surface area (Å²) in [6.45, 7) is 0.333. The zero-order valence-corrected chi connectivity index (χ0v) is 12.3. The number of nitrogens with zero attached hydrogens (tertiary/aromatic N) is 1. The van der Waals surface area contributed by atoms with Crippen molar-refractivity contribution < 1.29 is 9.90 Å². The molecule has 110 valence electrons. The number of hydrogen-bond donors (Lipinski definition) is 2. The number of aromatic nitrogens is 1. The van der Waals surface area contributed by atoms with Crippen LogP contribution in [-0.2, 0) is 0 Å². The third-order valence-corrected chi connectivity index (χ3v) is 4.56. The van der Waals surface area contributed by atoms with Gasteiger partial charge in [-0.2, -0.15) is 0 Å². The Kier molecular flexibility index (Phi) is 3.78. The van der Waals surface area contributed by atoms with Crippen LogP contribution in [0.1, 0.15) is 61.5 Å². The number of aliphatic hydroxyl groups is 1. The van der Waals surface area contributed by atoms with Crippen molar-refractivity contribution in [3.05, 3.63) is 23.0 Å². The molecule has 1 heterocycles. The summed E-state index contributed by atoms with van der Waals surface area (Å²) in [5.74, 6) is -0.136. The summed E-state index contributed by atoms with van der Waals surface area (Å²) in [4.78, 5) is 12.3. The Hall–Kier alpha value is -1.00. The quantitative estimate of drug-likeness (QED) is 0.897. The van der Waals surface area contributed by atoms with Crippen LogP contribution in [0.25, 0.3) is 0 Å². The van der Waals surface area contributed by atoms with Gasteiger partial charge in [-0.15, -0.1) is 0 Å². The summed E-state index contributed by atoms with van der Waals surface area (Å²) < 4.78 is 1.96. The van der Waals surface area contributed by atoms with Gasteiger partial charge in [0.25, 0.3) is 5.91 Å². The second kappa shape index (κ2) is 5.41. The maximum absolute atomic E-state index is 12.3. The predicted octanol–water partition coefficient (Wildman–Crippen LogP) is 2.90. The van der Waals surface area contributed by atoms with E-state index in [1.165, 1.54) is 6.42 Å². The highest BCUT2D eigenvalue weighted by Gasteiger charge is 2.31. The van der Waals surface area contributed by atoms with Crippen molar-refractivity contribution in [1.82, 2.24) is 9.88 Å². The first kappa shape index (κ1) is 14.0. The summed E-state index contributed by atoms with van der Waals surface area (Å²) in [7, 11) is 0. The number of nitrogens with one attached hydrogen (secondary N) is 1. The molecule has 2 aliphatic carbocycles. The lowest BCUT2D eigenvalue weighted by molar-refractivity contribution is 0.00517. The molecule has 0 unspecified atom stereocenters. The van der Waals surface area contributed by atoms with Crippen molar-refractivity contribution >= 4 is 17.5 Å². The van der Waals surface area contributed by atoms with Gasteiger partial charge in [0.15, 0.2) is 0 Å². The number of rotatable bonds is 4. The van der Waals surface area contributed by atoms with Gasteiger partial charge in [-0.05, 0) is 31.7 Å². The Morgan fingerprint density at radius 3 is 2.75 bits per heavy atom. The molecule has 0 spiro atoms. The van der Waals surface area contributed by atoms with Crippen molar-refractivity contribution in [2.24, 2.45) is 0 Å². The van der Waals surface area contributed by atoms with Gasteiger partial charge in [0.2, 0.25) is 0 Å². The Bertz CT molecular complexity index is 502. The Balaban J connectivity index is 1.64. The Morgan fingerprint density at radius 1 is 1.40 bits per heavy atom. The van der Waals surface area contributed by atoms with E-state index < -0.39 is 5.60 Å². The van der Waals surface area contributed by atoms with Crippen molar-refractivity contribution in [2.45, 2.75) is 56.6 Å². The fraction of sp³-hybridized carbons (Fsp3) is 0.667. The Labute approximate surface area is 124 Å². The molecule has 4 nitrogen and oxygen atoms in total. The Morgan fingerprint density at radius 2 is 2.10 bits per heavy atom. The minimum absolute atomic E-state index is 0.136. The highest BCUT2D eigenvalue weighted by molar-refractivity contribution is 6.31. The van der Waals surface area contributed by atoms with E-state index in [1.54, 1.807) is 6.07 Å².